The van der Waals surface area contributed by atoms with E-state index in [0.29, 0.717) is 5.75 Å². The van der Waals surface area contributed by atoms with Gasteiger partial charge in [-0.1, -0.05) is 32.9 Å². The van der Waals surface area contributed by atoms with Crippen LogP contribution in [0.15, 0.2) is 29.2 Å². The Morgan fingerprint density at radius 2 is 1.67 bits per heavy atom. The fourth-order valence-electron chi connectivity index (χ4n) is 1.83. The van der Waals surface area contributed by atoms with Crippen LogP contribution in [0.25, 0.3) is 0 Å². The molecule has 0 amide bonds. The molecule has 0 saturated heterocycles. The van der Waals surface area contributed by atoms with Crippen molar-refractivity contribution in [3.05, 3.63) is 29.8 Å². The molecule has 1 aromatic rings. The van der Waals surface area contributed by atoms with Crippen LogP contribution in [0, 0.1) is 0 Å². The molecule has 0 aliphatic heterocycles. The molecule has 21 heavy (non-hydrogen) atoms. The fraction of sp³-hybridized carbons (Fsp3) is 0.600. The molecule has 0 aromatic heterocycles. The normalized spacial score (nSPS) is 15.7. The second-order valence-electron chi connectivity index (χ2n) is 6.53. The van der Waals surface area contributed by atoms with Crippen LogP contribution < -0.4 is 4.72 Å². The smallest absolute Gasteiger partial charge is 0.240 e. The van der Waals surface area contributed by atoms with Gasteiger partial charge in [0.25, 0.3) is 0 Å². The van der Waals surface area contributed by atoms with E-state index in [1.165, 1.54) is 11.8 Å². The van der Waals surface area contributed by atoms with E-state index in [0.717, 1.165) is 5.56 Å². The first-order valence-electron chi connectivity index (χ1n) is 6.79. The summed E-state index contributed by atoms with van der Waals surface area (Å²) < 4.78 is 26.9. The van der Waals surface area contributed by atoms with E-state index in [-0.39, 0.29) is 16.9 Å². The number of nitrogens with one attached hydrogen (secondary N) is 1. The first-order valence-corrected chi connectivity index (χ1v) is 9.67. The van der Waals surface area contributed by atoms with Gasteiger partial charge in [-0.05, 0) is 36.3 Å². The summed E-state index contributed by atoms with van der Waals surface area (Å²) in [7, 11) is -3.59. The van der Waals surface area contributed by atoms with Crippen molar-refractivity contribution < 1.29 is 13.5 Å². The molecule has 1 atom stereocenters. The lowest BCUT2D eigenvalue weighted by Gasteiger charge is -2.23. The van der Waals surface area contributed by atoms with Crippen molar-refractivity contribution in [3.63, 3.8) is 0 Å². The molecule has 0 radical (unpaired) electrons. The van der Waals surface area contributed by atoms with E-state index in [9.17, 15) is 13.5 Å². The van der Waals surface area contributed by atoms with Crippen molar-refractivity contribution in [1.29, 1.82) is 0 Å². The molecular weight excluding hydrogens is 306 g/mol. The zero-order chi connectivity index (χ0) is 16.3. The van der Waals surface area contributed by atoms with Gasteiger partial charge in [-0.3, -0.25) is 0 Å². The molecule has 0 spiro atoms. The summed E-state index contributed by atoms with van der Waals surface area (Å²) in [4.78, 5) is 0.218. The Morgan fingerprint density at radius 1 is 1.14 bits per heavy atom. The van der Waals surface area contributed by atoms with Gasteiger partial charge in [0.15, 0.2) is 0 Å². The highest BCUT2D eigenvalue weighted by Crippen LogP contribution is 2.23. The average molecular weight is 332 g/mol. The Hall–Kier alpha value is -0.560. The van der Waals surface area contributed by atoms with Crippen LogP contribution >= 0.6 is 11.8 Å². The molecule has 1 aromatic carbocycles. The summed E-state index contributed by atoms with van der Waals surface area (Å²) in [6, 6.07) is 6.86. The third kappa shape index (κ3) is 5.62. The molecule has 0 fully saturated rings. The molecule has 1 rings (SSSR count). The summed E-state index contributed by atoms with van der Waals surface area (Å²) in [5.41, 5.74) is 0.00564. The standard InChI is InChI=1S/C15H25NO3S2/c1-14(2,3)12-6-8-13(9-7-12)21(18,19)16-10-15(4,17)11-20-5/h6-9,16-17H,10-11H2,1-5H3. The lowest BCUT2D eigenvalue weighted by Crippen LogP contribution is -2.42. The van der Waals surface area contributed by atoms with E-state index < -0.39 is 15.6 Å². The van der Waals surface area contributed by atoms with E-state index in [1.54, 1.807) is 19.1 Å². The SMILES string of the molecule is CSCC(C)(O)CNS(=O)(=O)c1ccc(C(C)(C)C)cc1. The lowest BCUT2D eigenvalue weighted by atomic mass is 9.87. The Labute approximate surface area is 132 Å². The summed E-state index contributed by atoms with van der Waals surface area (Å²) >= 11 is 1.47. The summed E-state index contributed by atoms with van der Waals surface area (Å²) in [5.74, 6) is 0.471. The molecule has 120 valence electrons. The molecule has 4 nitrogen and oxygen atoms in total. The maximum atomic E-state index is 12.2. The van der Waals surface area contributed by atoms with Crippen LogP contribution in [-0.4, -0.2) is 37.7 Å². The molecular formula is C15H25NO3S2. The minimum Gasteiger partial charge on any atom is -0.388 e. The summed E-state index contributed by atoms with van der Waals surface area (Å²) in [6.07, 6.45) is 1.87. The Balaban J connectivity index is 2.84. The Bertz CT molecular complexity index is 558. The van der Waals surface area contributed by atoms with Gasteiger partial charge in [-0.15, -0.1) is 0 Å². The van der Waals surface area contributed by atoms with Gasteiger partial charge in [-0.2, -0.15) is 11.8 Å². The van der Waals surface area contributed by atoms with E-state index in [4.69, 9.17) is 0 Å². The predicted octanol–water partition coefficient (Wildman–Crippen LogP) is 2.38. The second-order valence-corrected chi connectivity index (χ2v) is 9.16. The zero-order valence-electron chi connectivity index (χ0n) is 13.3. The summed E-state index contributed by atoms with van der Waals surface area (Å²) in [5, 5.41) is 10.0. The fourth-order valence-corrected chi connectivity index (χ4v) is 3.72. The van der Waals surface area contributed by atoms with Crippen molar-refractivity contribution in [2.75, 3.05) is 18.6 Å². The van der Waals surface area contributed by atoms with E-state index >= 15 is 0 Å². The van der Waals surface area contributed by atoms with Crippen LogP contribution in [0.3, 0.4) is 0 Å². The monoisotopic (exact) mass is 331 g/mol. The molecule has 0 bridgehead atoms. The quantitative estimate of drug-likeness (QED) is 0.840. The topological polar surface area (TPSA) is 66.4 Å². The van der Waals surface area contributed by atoms with Gasteiger partial charge in [0.1, 0.15) is 0 Å². The highest BCUT2D eigenvalue weighted by molar-refractivity contribution is 7.98. The molecule has 6 heteroatoms. The van der Waals surface area contributed by atoms with E-state index in [2.05, 4.69) is 25.5 Å². The number of sulfonamides is 1. The van der Waals surface area contributed by atoms with Crippen LogP contribution in [0.5, 0.6) is 0 Å². The Kier molecular flexibility index (Phi) is 5.89. The third-order valence-corrected chi connectivity index (χ3v) is 5.46. The molecule has 2 N–H and O–H groups in total. The minimum atomic E-state index is -3.59. The van der Waals surface area contributed by atoms with Gasteiger partial charge >= 0.3 is 0 Å². The first-order chi connectivity index (χ1) is 9.48. The maximum Gasteiger partial charge on any atom is 0.240 e. The maximum absolute atomic E-state index is 12.2. The highest BCUT2D eigenvalue weighted by atomic mass is 32.2. The predicted molar refractivity (Wildman–Crippen MR) is 89.3 cm³/mol. The largest absolute Gasteiger partial charge is 0.388 e. The zero-order valence-corrected chi connectivity index (χ0v) is 14.9. The summed E-state index contributed by atoms with van der Waals surface area (Å²) in [6.45, 7) is 7.85. The van der Waals surface area contributed by atoms with Gasteiger partial charge in [0.05, 0.1) is 10.5 Å². The average Bonchev–Trinajstić information content (AvgIpc) is 2.36. The molecule has 0 saturated carbocycles. The van der Waals surface area contributed by atoms with Crippen LogP contribution in [0.2, 0.25) is 0 Å². The van der Waals surface area contributed by atoms with Gasteiger partial charge in [0, 0.05) is 12.3 Å². The van der Waals surface area contributed by atoms with Crippen LogP contribution in [0.1, 0.15) is 33.3 Å². The first kappa shape index (κ1) is 18.5. The molecule has 0 aliphatic carbocycles. The third-order valence-electron chi connectivity index (χ3n) is 3.13. The second kappa shape index (κ2) is 6.69. The minimum absolute atomic E-state index is 0.00278. The van der Waals surface area contributed by atoms with Crippen molar-refractivity contribution in [1.82, 2.24) is 4.72 Å². The van der Waals surface area contributed by atoms with Gasteiger partial charge in [-0.25, -0.2) is 13.1 Å². The number of rotatable bonds is 6. The lowest BCUT2D eigenvalue weighted by molar-refractivity contribution is 0.0908. The number of aliphatic hydroxyl groups is 1. The number of hydrogen-bond donors (Lipinski definition) is 2. The number of benzene rings is 1. The van der Waals surface area contributed by atoms with Gasteiger partial charge in [0.2, 0.25) is 10.0 Å². The van der Waals surface area contributed by atoms with Crippen LogP contribution in [0.4, 0.5) is 0 Å². The van der Waals surface area contributed by atoms with Crippen LogP contribution in [-0.2, 0) is 15.4 Å². The highest BCUT2D eigenvalue weighted by Gasteiger charge is 2.24. The number of thioether (sulfide) groups is 1. The van der Waals surface area contributed by atoms with Crippen molar-refractivity contribution in [2.45, 2.75) is 43.6 Å². The molecule has 0 aliphatic rings. The van der Waals surface area contributed by atoms with Crippen molar-refractivity contribution in [3.8, 4) is 0 Å². The van der Waals surface area contributed by atoms with Gasteiger partial charge < -0.3 is 5.11 Å². The molecule has 0 heterocycles. The van der Waals surface area contributed by atoms with Crippen molar-refractivity contribution >= 4 is 21.8 Å². The van der Waals surface area contributed by atoms with E-state index in [1.807, 2.05) is 18.4 Å². The Morgan fingerprint density at radius 3 is 2.10 bits per heavy atom. The number of hydrogen-bond acceptors (Lipinski definition) is 4. The molecule has 1 unspecified atom stereocenters. The van der Waals surface area contributed by atoms with Crippen molar-refractivity contribution in [2.24, 2.45) is 0 Å².